The summed E-state index contributed by atoms with van der Waals surface area (Å²) in [4.78, 5) is 8.08. The van der Waals surface area contributed by atoms with Crippen LogP contribution in [0, 0.1) is 0 Å². The Morgan fingerprint density at radius 1 is 0.818 bits per heavy atom. The largest absolute Gasteiger partial charge is 0.497 e. The Morgan fingerprint density at radius 2 is 1.41 bits per heavy atom. The summed E-state index contributed by atoms with van der Waals surface area (Å²) in [7, 11) is 1.61. The Bertz CT molecular complexity index is 689. The van der Waals surface area contributed by atoms with Crippen LogP contribution >= 0.6 is 0 Å². The van der Waals surface area contributed by atoms with Crippen molar-refractivity contribution in [2.75, 3.05) is 7.11 Å². The van der Waals surface area contributed by atoms with E-state index in [1.54, 1.807) is 19.5 Å². The standard InChI is InChI=1S/C18H16N2O2/c1-22-17-9-7-15(8-10-17)18(21,14-5-3-2-4-6-14)16-11-19-13-20-12-16/h2-13,21H,1H3/t18-/m0/s1. The fourth-order valence-corrected chi connectivity index (χ4v) is 2.50. The van der Waals surface area contributed by atoms with Crippen molar-refractivity contribution in [2.24, 2.45) is 0 Å². The molecule has 0 saturated heterocycles. The minimum Gasteiger partial charge on any atom is -0.497 e. The van der Waals surface area contributed by atoms with Crippen LogP contribution in [0.3, 0.4) is 0 Å². The van der Waals surface area contributed by atoms with Gasteiger partial charge in [0.05, 0.1) is 7.11 Å². The van der Waals surface area contributed by atoms with E-state index in [1.165, 1.54) is 6.33 Å². The van der Waals surface area contributed by atoms with E-state index in [2.05, 4.69) is 9.97 Å². The number of rotatable bonds is 4. The molecule has 0 amide bonds. The minimum atomic E-state index is -1.31. The van der Waals surface area contributed by atoms with Crippen molar-refractivity contribution in [1.29, 1.82) is 0 Å². The first kappa shape index (κ1) is 14.2. The van der Waals surface area contributed by atoms with E-state index in [-0.39, 0.29) is 0 Å². The summed E-state index contributed by atoms with van der Waals surface area (Å²) >= 11 is 0. The van der Waals surface area contributed by atoms with E-state index >= 15 is 0 Å². The predicted molar refractivity (Wildman–Crippen MR) is 83.6 cm³/mol. The lowest BCUT2D eigenvalue weighted by Crippen LogP contribution is -2.29. The van der Waals surface area contributed by atoms with Crippen LogP contribution in [0.5, 0.6) is 5.75 Å². The van der Waals surface area contributed by atoms with Gasteiger partial charge in [0.15, 0.2) is 0 Å². The van der Waals surface area contributed by atoms with Gasteiger partial charge in [-0.25, -0.2) is 9.97 Å². The van der Waals surface area contributed by atoms with Crippen LogP contribution in [-0.4, -0.2) is 22.2 Å². The van der Waals surface area contributed by atoms with E-state index in [0.29, 0.717) is 5.56 Å². The number of hydrogen-bond donors (Lipinski definition) is 1. The highest BCUT2D eigenvalue weighted by molar-refractivity contribution is 5.46. The number of aromatic nitrogens is 2. The fraction of sp³-hybridized carbons (Fsp3) is 0.111. The number of methoxy groups -OCH3 is 1. The highest BCUT2D eigenvalue weighted by Crippen LogP contribution is 2.36. The Labute approximate surface area is 129 Å². The molecule has 1 atom stereocenters. The molecule has 0 aliphatic heterocycles. The summed E-state index contributed by atoms with van der Waals surface area (Å²) in [6, 6.07) is 16.8. The van der Waals surface area contributed by atoms with Crippen molar-refractivity contribution in [3.63, 3.8) is 0 Å². The molecule has 0 aliphatic carbocycles. The Balaban J connectivity index is 2.18. The number of nitrogens with zero attached hydrogens (tertiary/aromatic N) is 2. The van der Waals surface area contributed by atoms with Gasteiger partial charge in [0.2, 0.25) is 0 Å². The number of ether oxygens (including phenoxy) is 1. The summed E-state index contributed by atoms with van der Waals surface area (Å²) < 4.78 is 5.19. The summed E-state index contributed by atoms with van der Waals surface area (Å²) in [5.74, 6) is 0.739. The first-order chi connectivity index (χ1) is 10.7. The minimum absolute atomic E-state index is 0.617. The normalized spacial score (nSPS) is 13.4. The van der Waals surface area contributed by atoms with Gasteiger partial charge < -0.3 is 9.84 Å². The van der Waals surface area contributed by atoms with Crippen LogP contribution < -0.4 is 4.74 Å². The van der Waals surface area contributed by atoms with Gasteiger partial charge in [-0.15, -0.1) is 0 Å². The zero-order chi connectivity index (χ0) is 15.4. The molecule has 1 N–H and O–H groups in total. The first-order valence-electron chi connectivity index (χ1n) is 6.93. The maximum Gasteiger partial charge on any atom is 0.143 e. The molecule has 0 spiro atoms. The van der Waals surface area contributed by atoms with Crippen molar-refractivity contribution < 1.29 is 9.84 Å². The van der Waals surface area contributed by atoms with Gasteiger partial charge in [-0.05, 0) is 23.3 Å². The molecule has 2 aromatic carbocycles. The number of hydrogen-bond acceptors (Lipinski definition) is 4. The molecule has 4 heteroatoms. The average Bonchev–Trinajstić information content (AvgIpc) is 2.62. The molecule has 110 valence electrons. The van der Waals surface area contributed by atoms with E-state index < -0.39 is 5.60 Å². The molecule has 0 fully saturated rings. The molecular formula is C18H16N2O2. The van der Waals surface area contributed by atoms with Gasteiger partial charge >= 0.3 is 0 Å². The monoisotopic (exact) mass is 292 g/mol. The van der Waals surface area contributed by atoms with Gasteiger partial charge in [-0.3, -0.25) is 0 Å². The van der Waals surface area contributed by atoms with Crippen LogP contribution in [0.1, 0.15) is 16.7 Å². The molecule has 0 radical (unpaired) electrons. The van der Waals surface area contributed by atoms with Crippen LogP contribution in [0.25, 0.3) is 0 Å². The summed E-state index contributed by atoms with van der Waals surface area (Å²) in [5, 5.41) is 11.5. The molecule has 0 bridgehead atoms. The Morgan fingerprint density at radius 3 is 2.00 bits per heavy atom. The van der Waals surface area contributed by atoms with Crippen molar-refractivity contribution >= 4 is 0 Å². The molecule has 0 saturated carbocycles. The van der Waals surface area contributed by atoms with E-state index in [0.717, 1.165) is 16.9 Å². The maximum atomic E-state index is 11.5. The Kier molecular flexibility index (Phi) is 3.85. The second-order valence-electron chi connectivity index (χ2n) is 4.93. The first-order valence-corrected chi connectivity index (χ1v) is 6.93. The van der Waals surface area contributed by atoms with Crippen molar-refractivity contribution in [1.82, 2.24) is 9.97 Å². The third kappa shape index (κ3) is 2.44. The van der Waals surface area contributed by atoms with Gasteiger partial charge in [-0.1, -0.05) is 42.5 Å². The maximum absolute atomic E-state index is 11.5. The molecule has 0 unspecified atom stereocenters. The van der Waals surface area contributed by atoms with E-state index in [1.807, 2.05) is 54.6 Å². The average molecular weight is 292 g/mol. The smallest absolute Gasteiger partial charge is 0.143 e. The second-order valence-corrected chi connectivity index (χ2v) is 4.93. The van der Waals surface area contributed by atoms with Crippen molar-refractivity contribution in [2.45, 2.75) is 5.60 Å². The fourth-order valence-electron chi connectivity index (χ4n) is 2.50. The van der Waals surface area contributed by atoms with Gasteiger partial charge in [0, 0.05) is 18.0 Å². The Hall–Kier alpha value is -2.72. The third-order valence-corrected chi connectivity index (χ3v) is 3.68. The van der Waals surface area contributed by atoms with Gasteiger partial charge in [0.25, 0.3) is 0 Å². The summed E-state index contributed by atoms with van der Waals surface area (Å²) in [6.07, 6.45) is 4.71. The molecule has 1 heterocycles. The predicted octanol–water partition coefficient (Wildman–Crippen LogP) is 2.77. The topological polar surface area (TPSA) is 55.2 Å². The summed E-state index contributed by atoms with van der Waals surface area (Å²) in [5.41, 5.74) is 0.796. The molecule has 3 aromatic rings. The quantitative estimate of drug-likeness (QED) is 0.803. The van der Waals surface area contributed by atoms with Crippen LogP contribution in [0.15, 0.2) is 73.3 Å². The lowest BCUT2D eigenvalue weighted by atomic mass is 9.81. The van der Waals surface area contributed by atoms with Crippen LogP contribution in [0.2, 0.25) is 0 Å². The molecule has 1 aromatic heterocycles. The zero-order valence-corrected chi connectivity index (χ0v) is 12.2. The number of aliphatic hydroxyl groups is 1. The lowest BCUT2D eigenvalue weighted by molar-refractivity contribution is 0.125. The van der Waals surface area contributed by atoms with Crippen molar-refractivity contribution in [3.05, 3.63) is 90.0 Å². The highest BCUT2D eigenvalue weighted by atomic mass is 16.5. The third-order valence-electron chi connectivity index (χ3n) is 3.68. The summed E-state index contributed by atoms with van der Waals surface area (Å²) in [6.45, 7) is 0. The second kappa shape index (κ2) is 5.95. The highest BCUT2D eigenvalue weighted by Gasteiger charge is 2.34. The molecule has 22 heavy (non-hydrogen) atoms. The van der Waals surface area contributed by atoms with Crippen molar-refractivity contribution in [3.8, 4) is 5.75 Å². The molecule has 0 aliphatic rings. The molecule has 3 rings (SSSR count). The van der Waals surface area contributed by atoms with E-state index in [9.17, 15) is 5.11 Å². The number of benzene rings is 2. The van der Waals surface area contributed by atoms with Crippen LogP contribution in [-0.2, 0) is 5.60 Å². The molecular weight excluding hydrogens is 276 g/mol. The SMILES string of the molecule is COc1ccc([C@@](O)(c2ccccc2)c2cncnc2)cc1. The lowest BCUT2D eigenvalue weighted by Gasteiger charge is -2.29. The van der Waals surface area contributed by atoms with Gasteiger partial charge in [0.1, 0.15) is 17.7 Å². The van der Waals surface area contributed by atoms with Crippen LogP contribution in [0.4, 0.5) is 0 Å². The van der Waals surface area contributed by atoms with Gasteiger partial charge in [-0.2, -0.15) is 0 Å². The molecule has 4 nitrogen and oxygen atoms in total. The zero-order valence-electron chi connectivity index (χ0n) is 12.2. The van der Waals surface area contributed by atoms with E-state index in [4.69, 9.17) is 4.74 Å².